The minimum absolute atomic E-state index is 0.908. The molecule has 5 aromatic rings. The molecule has 3 aromatic carbocycles. The Labute approximate surface area is 160 Å². The number of aromatic nitrogens is 1. The van der Waals surface area contributed by atoms with Gasteiger partial charge in [-0.15, -0.1) is 0 Å². The first kappa shape index (κ1) is 16.4. The summed E-state index contributed by atoms with van der Waals surface area (Å²) in [4.78, 5) is 6.38. The Balaban J connectivity index is 1.86. The molecule has 0 saturated carbocycles. The summed E-state index contributed by atoms with van der Waals surface area (Å²) in [7, 11) is -0.908. The van der Waals surface area contributed by atoms with Crippen LogP contribution in [0.25, 0.3) is 44.1 Å². The molecule has 5 rings (SSSR count). The molecule has 2 heterocycles. The summed E-state index contributed by atoms with van der Waals surface area (Å²) in [6.07, 6.45) is 7.00. The van der Waals surface area contributed by atoms with Crippen LogP contribution in [0.2, 0.25) is 0 Å². The summed E-state index contributed by atoms with van der Waals surface area (Å²) >= 11 is 0. The fraction of sp³-hybridized carbons (Fsp3) is 0.125. The van der Waals surface area contributed by atoms with E-state index in [1.165, 1.54) is 10.3 Å². The van der Waals surface area contributed by atoms with E-state index in [1.807, 2.05) is 12.1 Å². The van der Waals surface area contributed by atoms with E-state index >= 15 is 0 Å². The monoisotopic (exact) mass is 371 g/mol. The molecular weight excluding hydrogens is 350 g/mol. The van der Waals surface area contributed by atoms with E-state index in [2.05, 4.69) is 79.4 Å². The second-order valence-corrected chi connectivity index (χ2v) is 11.8. The molecule has 0 unspecified atom stereocenters. The molecule has 0 spiro atoms. The number of fused-ring (bicyclic) bond motifs is 4. The number of para-hydroxylation sites is 3. The lowest BCUT2D eigenvalue weighted by Gasteiger charge is -2.28. The molecule has 0 fully saturated rings. The Morgan fingerprint density at radius 3 is 2.26 bits per heavy atom. The first-order chi connectivity index (χ1) is 13.0. The molecule has 0 radical (unpaired) electrons. The van der Waals surface area contributed by atoms with Crippen molar-refractivity contribution in [3.05, 3.63) is 72.8 Å². The van der Waals surface area contributed by atoms with Crippen LogP contribution < -0.4 is 0 Å². The fourth-order valence-corrected chi connectivity index (χ4v) is 5.03. The zero-order valence-corrected chi connectivity index (χ0v) is 16.5. The zero-order valence-electron chi connectivity index (χ0n) is 15.7. The van der Waals surface area contributed by atoms with Gasteiger partial charge in [0.15, 0.2) is 0 Å². The van der Waals surface area contributed by atoms with Crippen molar-refractivity contribution >= 4 is 42.9 Å². The van der Waals surface area contributed by atoms with Crippen molar-refractivity contribution in [3.8, 4) is 11.3 Å². The largest absolute Gasteiger partial charge is 0.455 e. The number of furan rings is 1. The van der Waals surface area contributed by atoms with Gasteiger partial charge in [-0.25, -0.2) is 15.0 Å². The molecule has 0 aliphatic heterocycles. The molecule has 2 nitrogen and oxygen atoms in total. The summed E-state index contributed by atoms with van der Waals surface area (Å²) in [6.45, 7) is 0. The Morgan fingerprint density at radius 2 is 1.44 bits per heavy atom. The molecule has 27 heavy (non-hydrogen) atoms. The highest BCUT2D eigenvalue weighted by Gasteiger charge is 2.18. The van der Waals surface area contributed by atoms with E-state index in [1.54, 1.807) is 0 Å². The van der Waals surface area contributed by atoms with E-state index < -0.39 is 10.0 Å². The van der Waals surface area contributed by atoms with Crippen LogP contribution >= 0.6 is 10.0 Å². The second-order valence-electron chi connectivity index (χ2n) is 7.64. The molecule has 3 heteroatoms. The highest BCUT2D eigenvalue weighted by Crippen LogP contribution is 2.49. The highest BCUT2D eigenvalue weighted by atomic mass is 32.3. The van der Waals surface area contributed by atoms with E-state index in [-0.39, 0.29) is 0 Å². The van der Waals surface area contributed by atoms with Crippen molar-refractivity contribution in [2.75, 3.05) is 18.8 Å². The third-order valence-electron chi connectivity index (χ3n) is 5.02. The van der Waals surface area contributed by atoms with Crippen LogP contribution in [0.1, 0.15) is 0 Å². The molecular formula is C24H21NOS. The van der Waals surface area contributed by atoms with Gasteiger partial charge < -0.3 is 4.42 Å². The van der Waals surface area contributed by atoms with Gasteiger partial charge >= 0.3 is 0 Å². The minimum atomic E-state index is -0.908. The van der Waals surface area contributed by atoms with Crippen LogP contribution in [0.3, 0.4) is 0 Å². The van der Waals surface area contributed by atoms with E-state index in [9.17, 15) is 0 Å². The normalized spacial score (nSPS) is 12.9. The molecule has 2 aromatic heterocycles. The summed E-state index contributed by atoms with van der Waals surface area (Å²) in [5.74, 6) is 0. The molecule has 0 N–H and O–H groups in total. The average molecular weight is 372 g/mol. The third kappa shape index (κ3) is 2.62. The lowest BCUT2D eigenvalue weighted by molar-refractivity contribution is 0.670. The van der Waals surface area contributed by atoms with Crippen LogP contribution in [0.5, 0.6) is 0 Å². The van der Waals surface area contributed by atoms with E-state index in [0.29, 0.717) is 0 Å². The summed E-state index contributed by atoms with van der Waals surface area (Å²) in [5.41, 5.74) is 4.91. The molecule has 0 bridgehead atoms. The predicted molar refractivity (Wildman–Crippen MR) is 118 cm³/mol. The van der Waals surface area contributed by atoms with Crippen molar-refractivity contribution in [1.82, 2.24) is 4.98 Å². The van der Waals surface area contributed by atoms with Crippen molar-refractivity contribution in [2.24, 2.45) is 0 Å². The predicted octanol–water partition coefficient (Wildman–Crippen LogP) is 6.85. The zero-order chi connectivity index (χ0) is 18.6. The number of hydrogen-bond acceptors (Lipinski definition) is 2. The Hall–Kier alpha value is -2.78. The van der Waals surface area contributed by atoms with Crippen molar-refractivity contribution in [1.29, 1.82) is 0 Å². The summed E-state index contributed by atoms with van der Waals surface area (Å²) in [6, 6.07) is 25.2. The van der Waals surface area contributed by atoms with Gasteiger partial charge in [0.05, 0.1) is 11.2 Å². The first-order valence-electron chi connectivity index (χ1n) is 9.01. The highest BCUT2D eigenvalue weighted by molar-refractivity contribution is 8.32. The first-order valence-corrected chi connectivity index (χ1v) is 11.9. The number of benzene rings is 3. The van der Waals surface area contributed by atoms with Gasteiger partial charge in [-0.1, -0.05) is 48.5 Å². The van der Waals surface area contributed by atoms with Gasteiger partial charge in [0.1, 0.15) is 11.2 Å². The maximum Gasteiger partial charge on any atom is 0.144 e. The SMILES string of the molecule is CS(C)(C)c1cc(-c2cccc3c2oc2ccccc23)nc2ccccc12. The quantitative estimate of drug-likeness (QED) is 0.339. The van der Waals surface area contributed by atoms with Crippen LogP contribution in [0, 0.1) is 0 Å². The minimum Gasteiger partial charge on any atom is -0.455 e. The van der Waals surface area contributed by atoms with E-state index in [0.717, 1.165) is 38.7 Å². The molecule has 0 saturated heterocycles. The second kappa shape index (κ2) is 5.86. The maximum absolute atomic E-state index is 6.24. The topological polar surface area (TPSA) is 26.0 Å². The van der Waals surface area contributed by atoms with Gasteiger partial charge in [0, 0.05) is 26.6 Å². The Kier molecular flexibility index (Phi) is 3.56. The van der Waals surface area contributed by atoms with Crippen LogP contribution in [0.15, 0.2) is 82.1 Å². The lowest BCUT2D eigenvalue weighted by atomic mass is 10.1. The summed E-state index contributed by atoms with van der Waals surface area (Å²) in [5, 5.41) is 3.54. The maximum atomic E-state index is 6.24. The van der Waals surface area contributed by atoms with Crippen molar-refractivity contribution in [3.63, 3.8) is 0 Å². The average Bonchev–Trinajstić information content (AvgIpc) is 3.05. The number of hydrogen-bond donors (Lipinski definition) is 0. The fourth-order valence-electron chi connectivity index (χ4n) is 3.74. The molecule has 134 valence electrons. The van der Waals surface area contributed by atoms with Crippen molar-refractivity contribution < 1.29 is 4.42 Å². The van der Waals surface area contributed by atoms with Gasteiger partial charge in [-0.3, -0.25) is 0 Å². The Morgan fingerprint density at radius 1 is 0.741 bits per heavy atom. The molecule has 0 aliphatic carbocycles. The van der Waals surface area contributed by atoms with Gasteiger partial charge in [0.2, 0.25) is 0 Å². The van der Waals surface area contributed by atoms with E-state index in [4.69, 9.17) is 9.40 Å². The number of pyridine rings is 1. The van der Waals surface area contributed by atoms with Crippen molar-refractivity contribution in [2.45, 2.75) is 4.90 Å². The van der Waals surface area contributed by atoms with Crippen LogP contribution in [-0.4, -0.2) is 23.8 Å². The number of nitrogens with zero attached hydrogens (tertiary/aromatic N) is 1. The molecule has 0 aliphatic rings. The van der Waals surface area contributed by atoms with Crippen LogP contribution in [-0.2, 0) is 0 Å². The van der Waals surface area contributed by atoms with Crippen LogP contribution in [0.4, 0.5) is 0 Å². The lowest BCUT2D eigenvalue weighted by Crippen LogP contribution is -1.97. The van der Waals surface area contributed by atoms with Gasteiger partial charge in [0.25, 0.3) is 0 Å². The number of rotatable bonds is 2. The molecule has 0 atom stereocenters. The smallest absolute Gasteiger partial charge is 0.144 e. The third-order valence-corrected chi connectivity index (χ3v) is 6.68. The standard InChI is InChI=1S/C24H21NOS/c1-27(2,3)23-15-21(25-20-13-6-4-10-18(20)23)19-12-8-11-17-16-9-5-7-14-22(16)26-24(17)19/h4-15H,1-3H3. The Bertz CT molecular complexity index is 1310. The van der Waals surface area contributed by atoms with Gasteiger partial charge in [-0.05, 0) is 43.0 Å². The molecule has 0 amide bonds. The summed E-state index contributed by atoms with van der Waals surface area (Å²) < 4.78 is 6.24. The van der Waals surface area contributed by atoms with Gasteiger partial charge in [-0.2, -0.15) is 0 Å².